The van der Waals surface area contributed by atoms with Gasteiger partial charge in [0.1, 0.15) is 0 Å². The van der Waals surface area contributed by atoms with Crippen LogP contribution in [0.2, 0.25) is 0 Å². The van der Waals surface area contributed by atoms with Gasteiger partial charge >= 0.3 is 0 Å². The summed E-state index contributed by atoms with van der Waals surface area (Å²) in [6.45, 7) is -0.319. The van der Waals surface area contributed by atoms with E-state index in [1.807, 2.05) is 18.2 Å². The number of amides is 2. The van der Waals surface area contributed by atoms with Crippen molar-refractivity contribution in [3.63, 3.8) is 0 Å². The van der Waals surface area contributed by atoms with E-state index in [0.717, 1.165) is 21.9 Å². The molecule has 2 rings (SSSR count). The van der Waals surface area contributed by atoms with E-state index < -0.39 is 15.9 Å². The third kappa shape index (κ3) is 6.71. The van der Waals surface area contributed by atoms with Gasteiger partial charge in [0.15, 0.2) is 4.34 Å². The van der Waals surface area contributed by atoms with Gasteiger partial charge < -0.3 is 5.32 Å². The van der Waals surface area contributed by atoms with Gasteiger partial charge in [0.05, 0.1) is 18.6 Å². The van der Waals surface area contributed by atoms with Crippen LogP contribution in [0.15, 0.2) is 34.7 Å². The summed E-state index contributed by atoms with van der Waals surface area (Å²) in [4.78, 5) is 23.7. The number of rotatable bonds is 8. The van der Waals surface area contributed by atoms with Crippen LogP contribution in [0.4, 0.5) is 10.8 Å². The zero-order chi connectivity index (χ0) is 19.2. The van der Waals surface area contributed by atoms with Crippen molar-refractivity contribution in [1.82, 2.24) is 14.5 Å². The van der Waals surface area contributed by atoms with Gasteiger partial charge in [0, 0.05) is 12.7 Å². The van der Waals surface area contributed by atoms with Crippen molar-refractivity contribution in [2.24, 2.45) is 0 Å². The molecule has 2 amide bonds. The lowest BCUT2D eigenvalue weighted by atomic mass is 10.3. The van der Waals surface area contributed by atoms with Gasteiger partial charge in [0.2, 0.25) is 27.0 Å². The lowest BCUT2D eigenvalue weighted by Crippen LogP contribution is -2.34. The molecule has 0 spiro atoms. The van der Waals surface area contributed by atoms with Crippen molar-refractivity contribution in [3.8, 4) is 0 Å². The Balaban J connectivity index is 1.80. The monoisotopic (exact) mass is 415 g/mol. The summed E-state index contributed by atoms with van der Waals surface area (Å²) in [6.07, 6.45) is 1.01. The van der Waals surface area contributed by atoms with Crippen molar-refractivity contribution in [1.29, 1.82) is 0 Å². The summed E-state index contributed by atoms with van der Waals surface area (Å²) in [5.74, 6) is -0.557. The molecule has 0 unspecified atom stereocenters. The van der Waals surface area contributed by atoms with Gasteiger partial charge in [-0.25, -0.2) is 8.42 Å². The van der Waals surface area contributed by atoms with Crippen LogP contribution in [0, 0.1) is 0 Å². The van der Waals surface area contributed by atoms with E-state index in [4.69, 9.17) is 0 Å². The number of sulfonamides is 1. The first-order valence-corrected chi connectivity index (χ1v) is 10.9. The number of hydrogen-bond donors (Lipinski definition) is 2. The fourth-order valence-electron chi connectivity index (χ4n) is 1.64. The van der Waals surface area contributed by atoms with Crippen molar-refractivity contribution >= 4 is 55.8 Å². The van der Waals surface area contributed by atoms with E-state index >= 15 is 0 Å². The van der Waals surface area contributed by atoms with E-state index in [1.54, 1.807) is 12.1 Å². The normalized spacial score (nSPS) is 11.3. The van der Waals surface area contributed by atoms with Crippen molar-refractivity contribution in [3.05, 3.63) is 30.3 Å². The lowest BCUT2D eigenvalue weighted by molar-refractivity contribution is -0.116. The van der Waals surface area contributed by atoms with E-state index in [1.165, 1.54) is 18.8 Å². The highest BCUT2D eigenvalue weighted by Gasteiger charge is 2.16. The Morgan fingerprint density at radius 3 is 2.50 bits per heavy atom. The molecule has 0 saturated carbocycles. The van der Waals surface area contributed by atoms with Crippen LogP contribution in [0.25, 0.3) is 0 Å². The molecule has 1 aromatic carbocycles. The van der Waals surface area contributed by atoms with Crippen molar-refractivity contribution < 1.29 is 18.0 Å². The fraction of sp³-hybridized carbons (Fsp3) is 0.286. The van der Waals surface area contributed by atoms with E-state index in [0.29, 0.717) is 10.0 Å². The molecule has 0 aliphatic carbocycles. The lowest BCUT2D eigenvalue weighted by Gasteiger charge is -2.12. The Morgan fingerprint density at radius 1 is 1.15 bits per heavy atom. The molecule has 1 aromatic heterocycles. The predicted molar refractivity (Wildman–Crippen MR) is 102 cm³/mol. The van der Waals surface area contributed by atoms with Gasteiger partial charge in [-0.2, -0.15) is 4.31 Å². The molecular weight excluding hydrogens is 398 g/mol. The average molecular weight is 416 g/mol. The van der Waals surface area contributed by atoms with Crippen LogP contribution in [-0.4, -0.2) is 60.3 Å². The molecule has 0 aliphatic rings. The van der Waals surface area contributed by atoms with E-state index in [2.05, 4.69) is 20.8 Å². The summed E-state index contributed by atoms with van der Waals surface area (Å²) in [6, 6.07) is 9.08. The number of carbonyl (C=O) groups is 2. The Kier molecular flexibility index (Phi) is 7.08. The van der Waals surface area contributed by atoms with Gasteiger partial charge in [-0.15, -0.1) is 10.2 Å². The Morgan fingerprint density at radius 2 is 1.85 bits per heavy atom. The number of thioether (sulfide) groups is 1. The van der Waals surface area contributed by atoms with Crippen LogP contribution in [-0.2, 0) is 19.6 Å². The second-order valence-electron chi connectivity index (χ2n) is 5.14. The maximum absolute atomic E-state index is 11.9. The molecule has 0 atom stereocenters. The highest BCUT2D eigenvalue weighted by Crippen LogP contribution is 2.25. The first-order valence-electron chi connectivity index (χ1n) is 7.26. The topological polar surface area (TPSA) is 121 Å². The molecule has 12 heteroatoms. The third-order valence-corrected chi connectivity index (χ3v) is 6.20. The molecule has 0 radical (unpaired) electrons. The van der Waals surface area contributed by atoms with Crippen LogP contribution in [0.5, 0.6) is 0 Å². The molecular formula is C14H17N5O4S3. The van der Waals surface area contributed by atoms with Gasteiger partial charge in [-0.3, -0.25) is 14.9 Å². The standard InChI is InChI=1S/C14H17N5O4S3/c1-19(26(2,22)23)8-11(20)16-13-17-18-14(25-13)24-9-12(21)15-10-6-4-3-5-7-10/h3-7H,8-9H2,1-2H3,(H,15,21)(H,16,17,20). The van der Waals surface area contributed by atoms with Crippen LogP contribution < -0.4 is 10.6 Å². The summed E-state index contributed by atoms with van der Waals surface area (Å²) in [5, 5.41) is 13.2. The largest absolute Gasteiger partial charge is 0.325 e. The molecule has 26 heavy (non-hydrogen) atoms. The fourth-order valence-corrected chi connectivity index (χ4v) is 3.56. The summed E-state index contributed by atoms with van der Waals surface area (Å²) in [5.41, 5.74) is 0.707. The summed E-state index contributed by atoms with van der Waals surface area (Å²) < 4.78 is 24.0. The molecule has 9 nitrogen and oxygen atoms in total. The number of likely N-dealkylation sites (N-methyl/N-ethyl adjacent to an activating group) is 1. The molecule has 140 valence electrons. The molecule has 0 fully saturated rings. The number of carbonyl (C=O) groups excluding carboxylic acids is 2. The number of benzene rings is 1. The minimum Gasteiger partial charge on any atom is -0.325 e. The highest BCUT2D eigenvalue weighted by atomic mass is 32.2. The highest BCUT2D eigenvalue weighted by molar-refractivity contribution is 8.01. The van der Waals surface area contributed by atoms with E-state index in [9.17, 15) is 18.0 Å². The number of aromatic nitrogens is 2. The molecule has 0 bridgehead atoms. The molecule has 0 aliphatic heterocycles. The first-order chi connectivity index (χ1) is 12.2. The average Bonchev–Trinajstić information content (AvgIpc) is 3.00. The Labute approximate surface area is 159 Å². The maximum atomic E-state index is 11.9. The van der Waals surface area contributed by atoms with Crippen molar-refractivity contribution in [2.75, 3.05) is 36.2 Å². The number of anilines is 2. The summed E-state index contributed by atoms with van der Waals surface area (Å²) in [7, 11) is -2.13. The second kappa shape index (κ2) is 9.07. The van der Waals surface area contributed by atoms with Crippen LogP contribution in [0.3, 0.4) is 0 Å². The maximum Gasteiger partial charge on any atom is 0.241 e. The van der Waals surface area contributed by atoms with Crippen molar-refractivity contribution in [2.45, 2.75) is 4.34 Å². The minimum absolute atomic E-state index is 0.147. The van der Waals surface area contributed by atoms with Gasteiger partial charge in [-0.1, -0.05) is 41.3 Å². The molecule has 0 saturated heterocycles. The van der Waals surface area contributed by atoms with E-state index in [-0.39, 0.29) is 23.3 Å². The summed E-state index contributed by atoms with van der Waals surface area (Å²) >= 11 is 2.29. The zero-order valence-corrected chi connectivity index (χ0v) is 16.4. The number of nitrogens with one attached hydrogen (secondary N) is 2. The number of para-hydroxylation sites is 1. The quantitative estimate of drug-likeness (QED) is 0.489. The molecule has 2 aromatic rings. The minimum atomic E-state index is -3.44. The third-order valence-electron chi connectivity index (χ3n) is 2.97. The first kappa shape index (κ1) is 20.3. The molecule has 2 N–H and O–H groups in total. The zero-order valence-electron chi connectivity index (χ0n) is 14.0. The van der Waals surface area contributed by atoms with Crippen LogP contribution in [0.1, 0.15) is 0 Å². The van der Waals surface area contributed by atoms with Crippen LogP contribution >= 0.6 is 23.1 Å². The number of nitrogens with zero attached hydrogens (tertiary/aromatic N) is 3. The van der Waals surface area contributed by atoms with Gasteiger partial charge in [0.25, 0.3) is 0 Å². The SMILES string of the molecule is CN(CC(=O)Nc1nnc(SCC(=O)Nc2ccccc2)s1)S(C)(=O)=O. The Hall–Kier alpha value is -2.02. The Bertz CT molecular complexity index is 870. The molecule has 1 heterocycles. The smallest absolute Gasteiger partial charge is 0.241 e. The second-order valence-corrected chi connectivity index (χ2v) is 9.43. The number of hydrogen-bond acceptors (Lipinski definition) is 8. The van der Waals surface area contributed by atoms with Gasteiger partial charge in [-0.05, 0) is 12.1 Å². The predicted octanol–water partition coefficient (Wildman–Crippen LogP) is 1.10.